The topological polar surface area (TPSA) is 29.5 Å². The molecule has 7 heteroatoms. The van der Waals surface area contributed by atoms with Gasteiger partial charge in [-0.2, -0.15) is 13.2 Å². The Kier molecular flexibility index (Phi) is 5.80. The number of halogens is 4. The lowest BCUT2D eigenvalue weighted by atomic mass is 10.0. The number of fused-ring (bicyclic) bond motifs is 1. The Morgan fingerprint density at radius 3 is 2.44 bits per heavy atom. The second-order valence-corrected chi connectivity index (χ2v) is 8.87. The second-order valence-electron chi connectivity index (χ2n) is 8.87. The summed E-state index contributed by atoms with van der Waals surface area (Å²) in [6, 6.07) is 15.2. The second kappa shape index (κ2) is 8.78. The third-order valence-corrected chi connectivity index (χ3v) is 6.61. The number of alkyl halides is 3. The summed E-state index contributed by atoms with van der Waals surface area (Å²) in [5, 5.41) is 0. The summed E-state index contributed by atoms with van der Waals surface area (Å²) in [6.45, 7) is 0.799. The summed E-state index contributed by atoms with van der Waals surface area (Å²) in [7, 11) is 0. The SMILES string of the molecule is O=C1c2ccc(OCc3cccc(-c4ccc(C(F)(F)F)cc4F)c3)cc2CN1C1CCCC1. The number of nitrogens with zero attached hydrogens (tertiary/aromatic N) is 1. The van der Waals surface area contributed by atoms with Gasteiger partial charge in [0, 0.05) is 23.7 Å². The number of hydrogen-bond donors (Lipinski definition) is 0. The predicted molar refractivity (Wildman–Crippen MR) is 120 cm³/mol. The molecule has 1 aliphatic heterocycles. The van der Waals surface area contributed by atoms with Crippen molar-refractivity contribution in [3.63, 3.8) is 0 Å². The van der Waals surface area contributed by atoms with Crippen molar-refractivity contribution in [3.8, 4) is 16.9 Å². The molecule has 34 heavy (non-hydrogen) atoms. The molecular formula is C27H23F4NO2. The molecule has 1 aliphatic carbocycles. The van der Waals surface area contributed by atoms with E-state index < -0.39 is 17.6 Å². The van der Waals surface area contributed by atoms with Crippen LogP contribution in [-0.2, 0) is 19.3 Å². The van der Waals surface area contributed by atoms with Crippen molar-refractivity contribution in [2.75, 3.05) is 0 Å². The van der Waals surface area contributed by atoms with Crippen molar-refractivity contribution in [1.29, 1.82) is 0 Å². The number of hydrogen-bond acceptors (Lipinski definition) is 2. The van der Waals surface area contributed by atoms with E-state index in [1.165, 1.54) is 0 Å². The molecule has 3 nitrogen and oxygen atoms in total. The van der Waals surface area contributed by atoms with Gasteiger partial charge in [-0.15, -0.1) is 0 Å². The molecule has 5 rings (SSSR count). The summed E-state index contributed by atoms with van der Waals surface area (Å²) in [4.78, 5) is 14.7. The monoisotopic (exact) mass is 469 g/mol. The maximum atomic E-state index is 14.4. The van der Waals surface area contributed by atoms with Crippen LogP contribution in [0.5, 0.6) is 5.75 Å². The van der Waals surface area contributed by atoms with Crippen LogP contribution < -0.4 is 4.74 Å². The average Bonchev–Trinajstić information content (AvgIpc) is 3.45. The summed E-state index contributed by atoms with van der Waals surface area (Å²) >= 11 is 0. The van der Waals surface area contributed by atoms with E-state index in [9.17, 15) is 22.4 Å². The lowest BCUT2D eigenvalue weighted by Crippen LogP contribution is -2.33. The minimum absolute atomic E-state index is 0.0831. The van der Waals surface area contributed by atoms with E-state index in [1.807, 2.05) is 17.0 Å². The minimum Gasteiger partial charge on any atom is -0.489 e. The third kappa shape index (κ3) is 4.39. The maximum Gasteiger partial charge on any atom is 0.416 e. The first-order chi connectivity index (χ1) is 16.3. The zero-order valence-corrected chi connectivity index (χ0v) is 18.4. The van der Waals surface area contributed by atoms with Crippen LogP contribution in [-0.4, -0.2) is 16.8 Å². The minimum atomic E-state index is -4.59. The molecule has 176 valence electrons. The zero-order valence-electron chi connectivity index (χ0n) is 18.4. The molecule has 0 aromatic heterocycles. The molecule has 3 aromatic carbocycles. The van der Waals surface area contributed by atoms with Gasteiger partial charge in [-0.05, 0) is 65.9 Å². The molecule has 0 unspecified atom stereocenters. The average molecular weight is 469 g/mol. The summed E-state index contributed by atoms with van der Waals surface area (Å²) in [5.74, 6) is -0.214. The van der Waals surface area contributed by atoms with Crippen LogP contribution in [0, 0.1) is 5.82 Å². The fourth-order valence-electron chi connectivity index (χ4n) is 4.84. The fraction of sp³-hybridized carbons (Fsp3) is 0.296. The van der Waals surface area contributed by atoms with Gasteiger partial charge in [0.05, 0.1) is 5.56 Å². The van der Waals surface area contributed by atoms with E-state index >= 15 is 0 Å². The Morgan fingerprint density at radius 1 is 0.941 bits per heavy atom. The summed E-state index contributed by atoms with van der Waals surface area (Å²) < 4.78 is 58.8. The molecule has 1 amide bonds. The van der Waals surface area contributed by atoms with Crippen molar-refractivity contribution < 1.29 is 27.1 Å². The number of ether oxygens (including phenoxy) is 1. The first-order valence-electron chi connectivity index (χ1n) is 11.3. The number of amides is 1. The zero-order chi connectivity index (χ0) is 23.9. The molecule has 3 aromatic rings. The van der Waals surface area contributed by atoms with Crippen molar-refractivity contribution in [3.05, 3.63) is 88.7 Å². The van der Waals surface area contributed by atoms with Crippen LogP contribution in [0.2, 0.25) is 0 Å². The summed E-state index contributed by atoms with van der Waals surface area (Å²) in [5.41, 5.74) is 1.97. The van der Waals surface area contributed by atoms with Gasteiger partial charge in [0.2, 0.25) is 0 Å². The van der Waals surface area contributed by atoms with Crippen molar-refractivity contribution in [2.45, 2.75) is 51.1 Å². The molecule has 0 spiro atoms. The highest BCUT2D eigenvalue weighted by Gasteiger charge is 2.34. The standard InChI is InChI=1S/C27H23F4NO2/c28-25-14-20(27(29,30)31)8-10-23(25)18-5-3-4-17(12-18)16-34-22-9-11-24-19(13-22)15-32(26(24)33)21-6-1-2-7-21/h3-5,8-14,21H,1-2,6-7,15-16H2. The van der Waals surface area contributed by atoms with E-state index in [4.69, 9.17) is 4.74 Å². The molecule has 1 heterocycles. The van der Waals surface area contributed by atoms with Gasteiger partial charge in [-0.3, -0.25) is 4.79 Å². The van der Waals surface area contributed by atoms with E-state index in [0.29, 0.717) is 30.0 Å². The quantitative estimate of drug-likeness (QED) is 0.377. The Hall–Kier alpha value is -3.35. The Bertz CT molecular complexity index is 1230. The van der Waals surface area contributed by atoms with Crippen LogP contribution >= 0.6 is 0 Å². The van der Waals surface area contributed by atoms with Crippen LogP contribution in [0.25, 0.3) is 11.1 Å². The maximum absolute atomic E-state index is 14.4. The Morgan fingerprint density at radius 2 is 1.71 bits per heavy atom. The lowest BCUT2D eigenvalue weighted by molar-refractivity contribution is -0.137. The number of carbonyl (C=O) groups excluding carboxylic acids is 1. The fourth-order valence-corrected chi connectivity index (χ4v) is 4.84. The molecular weight excluding hydrogens is 446 g/mol. The highest BCUT2D eigenvalue weighted by molar-refractivity contribution is 5.98. The van der Waals surface area contributed by atoms with Gasteiger partial charge in [-0.25, -0.2) is 4.39 Å². The van der Waals surface area contributed by atoms with E-state index in [0.717, 1.165) is 54.5 Å². The van der Waals surface area contributed by atoms with Gasteiger partial charge in [0.15, 0.2) is 0 Å². The van der Waals surface area contributed by atoms with Crippen molar-refractivity contribution >= 4 is 5.91 Å². The predicted octanol–water partition coefficient (Wildman–Crippen LogP) is 6.99. The molecule has 0 radical (unpaired) electrons. The van der Waals surface area contributed by atoms with Gasteiger partial charge < -0.3 is 9.64 Å². The smallest absolute Gasteiger partial charge is 0.416 e. The van der Waals surface area contributed by atoms with Crippen molar-refractivity contribution in [2.24, 2.45) is 0 Å². The van der Waals surface area contributed by atoms with Crippen LogP contribution in [0.4, 0.5) is 17.6 Å². The molecule has 0 atom stereocenters. The Balaban J connectivity index is 1.29. The molecule has 1 saturated carbocycles. The highest BCUT2D eigenvalue weighted by atomic mass is 19.4. The van der Waals surface area contributed by atoms with Crippen LogP contribution in [0.1, 0.15) is 52.7 Å². The molecule has 0 N–H and O–H groups in total. The molecule has 2 aliphatic rings. The van der Waals surface area contributed by atoms with Gasteiger partial charge in [0.1, 0.15) is 18.2 Å². The summed E-state index contributed by atoms with van der Waals surface area (Å²) in [6.07, 6.45) is -0.162. The van der Waals surface area contributed by atoms with Gasteiger partial charge in [0.25, 0.3) is 5.91 Å². The molecule has 0 bridgehead atoms. The first-order valence-corrected chi connectivity index (χ1v) is 11.3. The Labute approximate surface area is 195 Å². The normalized spacial score (nSPS) is 16.2. The van der Waals surface area contributed by atoms with E-state index in [-0.39, 0.29) is 18.1 Å². The highest BCUT2D eigenvalue weighted by Crippen LogP contribution is 2.35. The largest absolute Gasteiger partial charge is 0.489 e. The first kappa shape index (κ1) is 22.4. The van der Waals surface area contributed by atoms with E-state index in [2.05, 4.69) is 0 Å². The number of rotatable bonds is 5. The van der Waals surface area contributed by atoms with Crippen LogP contribution in [0.3, 0.4) is 0 Å². The van der Waals surface area contributed by atoms with Crippen molar-refractivity contribution in [1.82, 2.24) is 4.90 Å². The van der Waals surface area contributed by atoms with E-state index in [1.54, 1.807) is 30.3 Å². The number of benzene rings is 3. The number of carbonyl (C=O) groups is 1. The lowest BCUT2D eigenvalue weighted by Gasteiger charge is -2.23. The third-order valence-electron chi connectivity index (χ3n) is 6.61. The van der Waals surface area contributed by atoms with Gasteiger partial charge >= 0.3 is 6.18 Å². The molecule has 1 fully saturated rings. The molecule has 0 saturated heterocycles. The van der Waals surface area contributed by atoms with Gasteiger partial charge in [-0.1, -0.05) is 37.1 Å². The van der Waals surface area contributed by atoms with Crippen LogP contribution in [0.15, 0.2) is 60.7 Å².